The van der Waals surface area contributed by atoms with Crippen LogP contribution in [0.4, 0.5) is 5.82 Å². The van der Waals surface area contributed by atoms with Crippen LogP contribution in [0, 0.1) is 0 Å². The first-order valence-corrected chi connectivity index (χ1v) is 9.81. The second-order valence-corrected chi connectivity index (χ2v) is 8.66. The van der Waals surface area contributed by atoms with Gasteiger partial charge in [-0.05, 0) is 37.0 Å². The van der Waals surface area contributed by atoms with E-state index in [0.717, 1.165) is 37.2 Å². The topological polar surface area (TPSA) is 59.5 Å². The fourth-order valence-corrected chi connectivity index (χ4v) is 4.78. The van der Waals surface area contributed by atoms with Crippen molar-refractivity contribution in [2.75, 3.05) is 24.7 Å². The Morgan fingerprint density at radius 2 is 2.18 bits per heavy atom. The molecule has 3 rings (SSSR count). The Labute approximate surface area is 136 Å². The molecule has 2 heterocycles. The Hall–Kier alpha value is -0.850. The monoisotopic (exact) mass is 344 g/mol. The van der Waals surface area contributed by atoms with Gasteiger partial charge in [-0.15, -0.1) is 0 Å². The molecule has 5 nitrogen and oxygen atoms in total. The first-order valence-electron chi connectivity index (χ1n) is 7.72. The molecule has 1 atom stereocenters. The minimum absolute atomic E-state index is 0.0496. The van der Waals surface area contributed by atoms with E-state index < -0.39 is 9.84 Å². The lowest BCUT2D eigenvalue weighted by atomic mass is 10.1. The number of rotatable bonds is 5. The summed E-state index contributed by atoms with van der Waals surface area (Å²) in [5.41, 5.74) is 0.725. The van der Waals surface area contributed by atoms with Gasteiger partial charge in [-0.2, -0.15) is 0 Å². The molecule has 1 saturated heterocycles. The molecule has 0 bridgehead atoms. The zero-order valence-electron chi connectivity index (χ0n) is 12.7. The second kappa shape index (κ2) is 6.34. The number of nitrogens with zero attached hydrogens (tertiary/aromatic N) is 2. The van der Waals surface area contributed by atoms with Crippen molar-refractivity contribution in [2.24, 2.45) is 0 Å². The highest BCUT2D eigenvalue weighted by Gasteiger charge is 2.35. The molecule has 2 fully saturated rings. The minimum Gasteiger partial charge on any atom is -0.377 e. The third-order valence-corrected chi connectivity index (χ3v) is 6.65. The molecular weight excluding hydrogens is 324 g/mol. The molecule has 1 aromatic rings. The summed E-state index contributed by atoms with van der Waals surface area (Å²) in [4.78, 5) is 6.56. The van der Waals surface area contributed by atoms with Crippen molar-refractivity contribution in [1.29, 1.82) is 0 Å². The fraction of sp³-hybridized carbons (Fsp3) is 0.667. The highest BCUT2D eigenvalue weighted by molar-refractivity contribution is 7.91. The van der Waals surface area contributed by atoms with Crippen LogP contribution in [0.2, 0.25) is 5.15 Å². The molecule has 1 aliphatic heterocycles. The Kier molecular flexibility index (Phi) is 4.61. The van der Waals surface area contributed by atoms with E-state index in [0.29, 0.717) is 18.4 Å². The number of anilines is 1. The molecule has 0 amide bonds. The molecule has 0 unspecified atom stereocenters. The summed E-state index contributed by atoms with van der Waals surface area (Å²) in [6.45, 7) is 4.18. The number of hydrogen-bond donors (Lipinski definition) is 0. The van der Waals surface area contributed by atoms with Crippen LogP contribution in [0.5, 0.6) is 0 Å². The van der Waals surface area contributed by atoms with Crippen molar-refractivity contribution in [3.8, 4) is 0 Å². The standard InChI is InChI=1S/C15H21ClN2O3S/c1-2-12-9-21-6-5-18(12)15-8-11(7-14(16)17-15)10-22(19,20)13-3-4-13/h7-8,12-13H,2-6,9-10H2,1H3/t12-/m0/s1. The van der Waals surface area contributed by atoms with Crippen LogP contribution in [-0.4, -0.2) is 44.5 Å². The van der Waals surface area contributed by atoms with Gasteiger partial charge in [-0.3, -0.25) is 0 Å². The summed E-state index contributed by atoms with van der Waals surface area (Å²) in [5, 5.41) is 0.189. The van der Waals surface area contributed by atoms with Crippen molar-refractivity contribution in [3.05, 3.63) is 22.8 Å². The molecule has 0 aromatic carbocycles. The smallest absolute Gasteiger partial charge is 0.157 e. The van der Waals surface area contributed by atoms with Gasteiger partial charge >= 0.3 is 0 Å². The number of pyridine rings is 1. The van der Waals surface area contributed by atoms with E-state index in [2.05, 4.69) is 16.8 Å². The third kappa shape index (κ3) is 3.55. The molecule has 122 valence electrons. The second-order valence-electron chi connectivity index (χ2n) is 5.99. The zero-order valence-corrected chi connectivity index (χ0v) is 14.2. The predicted molar refractivity (Wildman–Crippen MR) is 87.1 cm³/mol. The zero-order chi connectivity index (χ0) is 15.7. The molecular formula is C15H21ClN2O3S. The van der Waals surface area contributed by atoms with Crippen LogP contribution in [0.15, 0.2) is 12.1 Å². The van der Waals surface area contributed by atoms with Crippen molar-refractivity contribution < 1.29 is 13.2 Å². The largest absolute Gasteiger partial charge is 0.377 e. The molecule has 1 aromatic heterocycles. The maximum atomic E-state index is 12.2. The van der Waals surface area contributed by atoms with Gasteiger partial charge in [0.05, 0.1) is 30.3 Å². The lowest BCUT2D eigenvalue weighted by Gasteiger charge is -2.36. The molecule has 22 heavy (non-hydrogen) atoms. The van der Waals surface area contributed by atoms with E-state index in [1.54, 1.807) is 6.07 Å². The van der Waals surface area contributed by atoms with Crippen molar-refractivity contribution in [1.82, 2.24) is 4.98 Å². The number of ether oxygens (including phenoxy) is 1. The predicted octanol–water partition coefficient (Wildman–Crippen LogP) is 2.43. The highest BCUT2D eigenvalue weighted by atomic mass is 35.5. The van der Waals surface area contributed by atoms with E-state index in [9.17, 15) is 8.42 Å². The quantitative estimate of drug-likeness (QED) is 0.768. The number of halogens is 1. The van der Waals surface area contributed by atoms with E-state index in [-0.39, 0.29) is 17.0 Å². The van der Waals surface area contributed by atoms with Crippen LogP contribution in [0.25, 0.3) is 0 Å². The molecule has 0 radical (unpaired) electrons. The summed E-state index contributed by atoms with van der Waals surface area (Å²) in [6, 6.07) is 3.78. The van der Waals surface area contributed by atoms with Crippen molar-refractivity contribution in [3.63, 3.8) is 0 Å². The van der Waals surface area contributed by atoms with Crippen molar-refractivity contribution in [2.45, 2.75) is 43.2 Å². The van der Waals surface area contributed by atoms with Gasteiger partial charge in [0.2, 0.25) is 0 Å². The maximum absolute atomic E-state index is 12.2. The van der Waals surface area contributed by atoms with E-state index in [4.69, 9.17) is 16.3 Å². The van der Waals surface area contributed by atoms with Gasteiger partial charge in [-0.25, -0.2) is 13.4 Å². The van der Waals surface area contributed by atoms with Crippen LogP contribution in [0.3, 0.4) is 0 Å². The molecule has 0 spiro atoms. The number of sulfone groups is 1. The van der Waals surface area contributed by atoms with Crippen LogP contribution in [0.1, 0.15) is 31.7 Å². The fourth-order valence-electron chi connectivity index (χ4n) is 2.84. The SMILES string of the molecule is CC[C@H]1COCCN1c1cc(CS(=O)(=O)C2CC2)cc(Cl)n1. The molecule has 1 saturated carbocycles. The molecule has 1 aliphatic carbocycles. The normalized spacial score (nSPS) is 22.8. The average Bonchev–Trinajstić information content (AvgIpc) is 3.31. The Balaban J connectivity index is 1.85. The first kappa shape index (κ1) is 16.0. The molecule has 0 N–H and O–H groups in total. The summed E-state index contributed by atoms with van der Waals surface area (Å²) in [6.07, 6.45) is 2.52. The lowest BCUT2D eigenvalue weighted by molar-refractivity contribution is 0.0925. The van der Waals surface area contributed by atoms with Crippen LogP contribution >= 0.6 is 11.6 Å². The summed E-state index contributed by atoms with van der Waals surface area (Å²) >= 11 is 6.12. The number of aromatic nitrogens is 1. The van der Waals surface area contributed by atoms with Crippen LogP contribution < -0.4 is 4.90 Å². The van der Waals surface area contributed by atoms with Gasteiger partial charge in [0.1, 0.15) is 11.0 Å². The Morgan fingerprint density at radius 3 is 2.86 bits per heavy atom. The lowest BCUT2D eigenvalue weighted by Crippen LogP contribution is -2.45. The summed E-state index contributed by atoms with van der Waals surface area (Å²) in [7, 11) is -3.05. The third-order valence-electron chi connectivity index (χ3n) is 4.23. The van der Waals surface area contributed by atoms with E-state index in [1.807, 2.05) is 6.07 Å². The van der Waals surface area contributed by atoms with E-state index >= 15 is 0 Å². The first-order chi connectivity index (χ1) is 10.5. The van der Waals surface area contributed by atoms with Gasteiger partial charge in [0, 0.05) is 6.54 Å². The van der Waals surface area contributed by atoms with E-state index in [1.165, 1.54) is 0 Å². The Morgan fingerprint density at radius 1 is 1.41 bits per heavy atom. The Bertz CT molecular complexity index is 646. The number of hydrogen-bond acceptors (Lipinski definition) is 5. The molecule has 7 heteroatoms. The maximum Gasteiger partial charge on any atom is 0.157 e. The molecule has 2 aliphatic rings. The van der Waals surface area contributed by atoms with Gasteiger partial charge in [0.15, 0.2) is 9.84 Å². The average molecular weight is 345 g/mol. The van der Waals surface area contributed by atoms with Gasteiger partial charge in [-0.1, -0.05) is 18.5 Å². The van der Waals surface area contributed by atoms with Gasteiger partial charge in [0.25, 0.3) is 0 Å². The summed E-state index contributed by atoms with van der Waals surface area (Å²) < 4.78 is 29.9. The van der Waals surface area contributed by atoms with Crippen LogP contribution in [-0.2, 0) is 20.3 Å². The minimum atomic E-state index is -3.05. The number of morpholine rings is 1. The van der Waals surface area contributed by atoms with Gasteiger partial charge < -0.3 is 9.64 Å². The summed E-state index contributed by atoms with van der Waals surface area (Å²) in [5.74, 6) is 0.803. The van der Waals surface area contributed by atoms with Crippen molar-refractivity contribution >= 4 is 27.3 Å². The highest BCUT2D eigenvalue weighted by Crippen LogP contribution is 2.32.